The van der Waals surface area contributed by atoms with Crippen LogP contribution in [0.4, 0.5) is 15.9 Å². The van der Waals surface area contributed by atoms with Crippen LogP contribution in [0.15, 0.2) is 30.5 Å². The van der Waals surface area contributed by atoms with E-state index in [-0.39, 0.29) is 11.5 Å². The van der Waals surface area contributed by atoms with Crippen molar-refractivity contribution in [3.63, 3.8) is 0 Å². The normalized spacial score (nSPS) is 10.9. The van der Waals surface area contributed by atoms with Crippen molar-refractivity contribution in [2.75, 3.05) is 5.32 Å². The van der Waals surface area contributed by atoms with Gasteiger partial charge in [0, 0.05) is 11.2 Å². The lowest BCUT2D eigenvalue weighted by atomic mass is 10.2. The zero-order chi connectivity index (χ0) is 13.4. The molecular weight excluding hydrogens is 267 g/mol. The first-order valence-electron chi connectivity index (χ1n) is 5.67. The molecule has 0 saturated heterocycles. The molecule has 0 aliphatic heterocycles. The molecule has 0 aliphatic rings. The van der Waals surface area contributed by atoms with Gasteiger partial charge in [0.1, 0.15) is 11.3 Å². The Balaban J connectivity index is 2.04. The van der Waals surface area contributed by atoms with Gasteiger partial charge in [0.2, 0.25) is 0 Å². The lowest BCUT2D eigenvalue weighted by Gasteiger charge is -2.07. The van der Waals surface area contributed by atoms with Crippen LogP contribution < -0.4 is 5.32 Å². The Morgan fingerprint density at radius 3 is 3.05 bits per heavy atom. The van der Waals surface area contributed by atoms with Gasteiger partial charge in [-0.25, -0.2) is 4.39 Å². The number of rotatable bonds is 2. The molecule has 1 aromatic carbocycles. The van der Waals surface area contributed by atoms with E-state index in [1.54, 1.807) is 19.2 Å². The summed E-state index contributed by atoms with van der Waals surface area (Å²) in [5.41, 5.74) is 2.39. The van der Waals surface area contributed by atoms with Gasteiger partial charge in [0.25, 0.3) is 0 Å². The number of nitrogens with one attached hydrogen (secondary N) is 2. The Kier molecular flexibility index (Phi) is 2.83. The number of aromatic nitrogens is 3. The highest BCUT2D eigenvalue weighted by Gasteiger charge is 2.11. The van der Waals surface area contributed by atoms with Crippen molar-refractivity contribution in [1.82, 2.24) is 15.2 Å². The molecule has 6 heteroatoms. The SMILES string of the molecule is Cc1cc(F)c(Nc2n[nH]c3cccnc23)cc1Cl. The summed E-state index contributed by atoms with van der Waals surface area (Å²) in [6, 6.07) is 6.56. The number of hydrogen-bond donors (Lipinski definition) is 2. The predicted octanol–water partition coefficient (Wildman–Crippen LogP) is 3.80. The Hall–Kier alpha value is -2.14. The summed E-state index contributed by atoms with van der Waals surface area (Å²) < 4.78 is 13.8. The topological polar surface area (TPSA) is 53.6 Å². The fraction of sp³-hybridized carbons (Fsp3) is 0.0769. The van der Waals surface area contributed by atoms with Gasteiger partial charge >= 0.3 is 0 Å². The summed E-state index contributed by atoms with van der Waals surface area (Å²) >= 11 is 5.99. The average molecular weight is 277 g/mol. The van der Waals surface area contributed by atoms with E-state index >= 15 is 0 Å². The van der Waals surface area contributed by atoms with E-state index < -0.39 is 0 Å². The zero-order valence-corrected chi connectivity index (χ0v) is 10.8. The number of halogens is 2. The molecule has 2 N–H and O–H groups in total. The van der Waals surface area contributed by atoms with Crippen LogP contribution in [0.1, 0.15) is 5.56 Å². The van der Waals surface area contributed by atoms with E-state index in [0.29, 0.717) is 21.9 Å². The maximum absolute atomic E-state index is 13.8. The second-order valence-corrected chi connectivity index (χ2v) is 4.59. The van der Waals surface area contributed by atoms with E-state index in [1.165, 1.54) is 12.1 Å². The Labute approximate surface area is 113 Å². The molecule has 0 saturated carbocycles. The monoisotopic (exact) mass is 276 g/mol. The minimum atomic E-state index is -0.381. The molecule has 0 bridgehead atoms. The van der Waals surface area contributed by atoms with Crippen molar-refractivity contribution in [3.8, 4) is 0 Å². The molecule has 3 rings (SSSR count). The summed E-state index contributed by atoms with van der Waals surface area (Å²) in [5, 5.41) is 10.3. The van der Waals surface area contributed by atoms with Crippen molar-refractivity contribution >= 4 is 34.1 Å². The molecule has 4 nitrogen and oxygen atoms in total. The van der Waals surface area contributed by atoms with Crippen LogP contribution in [0, 0.1) is 12.7 Å². The molecule has 0 atom stereocenters. The summed E-state index contributed by atoms with van der Waals surface area (Å²) in [5.74, 6) is 0.0865. The molecule has 96 valence electrons. The predicted molar refractivity (Wildman–Crippen MR) is 73.3 cm³/mol. The first kappa shape index (κ1) is 11.9. The van der Waals surface area contributed by atoms with E-state index in [1.807, 2.05) is 6.07 Å². The lowest BCUT2D eigenvalue weighted by molar-refractivity contribution is 0.630. The van der Waals surface area contributed by atoms with Crippen molar-refractivity contribution in [3.05, 3.63) is 46.9 Å². The third kappa shape index (κ3) is 2.13. The number of aryl methyl sites for hydroxylation is 1. The molecule has 0 amide bonds. The highest BCUT2D eigenvalue weighted by atomic mass is 35.5. The molecule has 2 heterocycles. The maximum Gasteiger partial charge on any atom is 0.178 e. The van der Waals surface area contributed by atoms with Gasteiger partial charge in [-0.3, -0.25) is 10.1 Å². The molecule has 0 radical (unpaired) electrons. The summed E-state index contributed by atoms with van der Waals surface area (Å²) in [4.78, 5) is 4.20. The lowest BCUT2D eigenvalue weighted by Crippen LogP contribution is -1.96. The van der Waals surface area contributed by atoms with E-state index in [2.05, 4.69) is 20.5 Å². The van der Waals surface area contributed by atoms with Gasteiger partial charge < -0.3 is 5.32 Å². The van der Waals surface area contributed by atoms with Crippen LogP contribution in [-0.4, -0.2) is 15.2 Å². The van der Waals surface area contributed by atoms with E-state index in [0.717, 1.165) is 5.52 Å². The minimum absolute atomic E-state index is 0.273. The maximum atomic E-state index is 13.8. The first-order valence-corrected chi connectivity index (χ1v) is 6.04. The van der Waals surface area contributed by atoms with Crippen molar-refractivity contribution in [2.45, 2.75) is 6.92 Å². The number of H-pyrrole nitrogens is 1. The summed E-state index contributed by atoms with van der Waals surface area (Å²) in [7, 11) is 0. The molecule has 0 aliphatic carbocycles. The number of fused-ring (bicyclic) bond motifs is 1. The third-order valence-electron chi connectivity index (χ3n) is 2.82. The van der Waals surface area contributed by atoms with Gasteiger partial charge in [0.05, 0.1) is 11.2 Å². The minimum Gasteiger partial charge on any atom is -0.334 e. The highest BCUT2D eigenvalue weighted by Crippen LogP contribution is 2.28. The first-order chi connectivity index (χ1) is 9.15. The molecule has 0 spiro atoms. The summed E-state index contributed by atoms with van der Waals surface area (Å²) in [6.45, 7) is 1.75. The fourth-order valence-electron chi connectivity index (χ4n) is 1.81. The largest absolute Gasteiger partial charge is 0.334 e. The van der Waals surface area contributed by atoms with Crippen LogP contribution in [0.2, 0.25) is 5.02 Å². The van der Waals surface area contributed by atoms with Crippen molar-refractivity contribution in [2.24, 2.45) is 0 Å². The quantitative estimate of drug-likeness (QED) is 0.748. The Bertz CT molecular complexity index is 753. The second kappa shape index (κ2) is 4.51. The number of benzene rings is 1. The van der Waals surface area contributed by atoms with E-state index in [4.69, 9.17) is 11.6 Å². The summed E-state index contributed by atoms with van der Waals surface area (Å²) in [6.07, 6.45) is 1.65. The Morgan fingerprint density at radius 1 is 1.37 bits per heavy atom. The van der Waals surface area contributed by atoms with Gasteiger partial charge in [0.15, 0.2) is 5.82 Å². The zero-order valence-electron chi connectivity index (χ0n) is 10.0. The molecule has 0 unspecified atom stereocenters. The molecular formula is C13H10ClFN4. The number of hydrogen-bond acceptors (Lipinski definition) is 3. The molecule has 3 aromatic rings. The van der Waals surface area contributed by atoms with Gasteiger partial charge in [-0.2, -0.15) is 5.10 Å². The number of aromatic amines is 1. The van der Waals surface area contributed by atoms with Gasteiger partial charge in [-0.1, -0.05) is 11.6 Å². The van der Waals surface area contributed by atoms with Crippen LogP contribution in [0.3, 0.4) is 0 Å². The van der Waals surface area contributed by atoms with Gasteiger partial charge in [-0.05, 0) is 36.8 Å². The van der Waals surface area contributed by atoms with Crippen LogP contribution in [0.5, 0.6) is 0 Å². The fourth-order valence-corrected chi connectivity index (χ4v) is 1.97. The standard InChI is InChI=1S/C13H10ClFN4/c1-7-5-9(15)11(6-8(7)14)17-13-12-10(18-19-13)3-2-4-16-12/h2-6H,1H3,(H2,17,18,19). The van der Waals surface area contributed by atoms with Crippen molar-refractivity contribution in [1.29, 1.82) is 0 Å². The number of pyridine rings is 1. The van der Waals surface area contributed by atoms with Crippen molar-refractivity contribution < 1.29 is 4.39 Å². The second-order valence-electron chi connectivity index (χ2n) is 4.18. The molecule has 0 fully saturated rings. The van der Waals surface area contributed by atoms with E-state index in [9.17, 15) is 4.39 Å². The molecule has 19 heavy (non-hydrogen) atoms. The smallest absolute Gasteiger partial charge is 0.178 e. The highest BCUT2D eigenvalue weighted by molar-refractivity contribution is 6.31. The van der Waals surface area contributed by atoms with Crippen LogP contribution in [-0.2, 0) is 0 Å². The third-order valence-corrected chi connectivity index (χ3v) is 3.23. The van der Waals surface area contributed by atoms with Crippen LogP contribution >= 0.6 is 11.6 Å². The Morgan fingerprint density at radius 2 is 2.21 bits per heavy atom. The molecule has 2 aromatic heterocycles. The number of nitrogens with zero attached hydrogens (tertiary/aromatic N) is 2. The average Bonchev–Trinajstić information content (AvgIpc) is 2.80. The number of anilines is 2. The van der Waals surface area contributed by atoms with Crippen LogP contribution in [0.25, 0.3) is 11.0 Å². The van der Waals surface area contributed by atoms with Gasteiger partial charge in [-0.15, -0.1) is 0 Å².